The summed E-state index contributed by atoms with van der Waals surface area (Å²) in [6.07, 6.45) is 42.2. The maximum Gasteiger partial charge on any atom is 0.268 e. The van der Waals surface area contributed by atoms with Gasteiger partial charge in [0.1, 0.15) is 13.2 Å². The van der Waals surface area contributed by atoms with Gasteiger partial charge in [-0.25, -0.2) is 0 Å². The number of hydrogen-bond acceptors (Lipinski definition) is 6. The molecule has 0 aliphatic carbocycles. The largest absolute Gasteiger partial charge is 0.756 e. The van der Waals surface area contributed by atoms with Crippen molar-refractivity contribution in [1.29, 1.82) is 0 Å². The number of phosphoric acid groups is 1. The topological polar surface area (TPSA) is 108 Å². The molecule has 2 N–H and O–H groups in total. The fraction of sp³-hybridized carbons (Fsp3) is 0.886. The van der Waals surface area contributed by atoms with Crippen LogP contribution in [0.25, 0.3) is 0 Å². The van der Waals surface area contributed by atoms with Crippen LogP contribution in [0.15, 0.2) is 24.3 Å². The van der Waals surface area contributed by atoms with Gasteiger partial charge < -0.3 is 28.8 Å². The Hall–Kier alpha value is -1.02. The van der Waals surface area contributed by atoms with Crippen LogP contribution < -0.4 is 10.2 Å². The lowest BCUT2D eigenvalue weighted by Gasteiger charge is -2.29. The lowest BCUT2D eigenvalue weighted by Crippen LogP contribution is -2.45. The van der Waals surface area contributed by atoms with Crippen LogP contribution in [0.5, 0.6) is 0 Å². The summed E-state index contributed by atoms with van der Waals surface area (Å²) in [5, 5.41) is 13.7. The smallest absolute Gasteiger partial charge is 0.268 e. The molecule has 314 valence electrons. The van der Waals surface area contributed by atoms with Crippen LogP contribution in [0.1, 0.15) is 200 Å². The number of amides is 1. The van der Waals surface area contributed by atoms with Gasteiger partial charge in [-0.1, -0.05) is 186 Å². The third-order valence-electron chi connectivity index (χ3n) is 9.91. The molecule has 8 nitrogen and oxygen atoms in total. The summed E-state index contributed by atoms with van der Waals surface area (Å²) in [7, 11) is 1.25. The highest BCUT2D eigenvalue weighted by atomic mass is 31.2. The van der Waals surface area contributed by atoms with E-state index in [9.17, 15) is 19.4 Å². The fourth-order valence-electron chi connectivity index (χ4n) is 6.34. The first-order valence-corrected chi connectivity index (χ1v) is 23.7. The van der Waals surface area contributed by atoms with Crippen molar-refractivity contribution in [3.63, 3.8) is 0 Å². The summed E-state index contributed by atoms with van der Waals surface area (Å²) in [6.45, 7) is 4.63. The number of unbranched alkanes of at least 4 members (excludes halogenated alkanes) is 25. The number of carbonyl (C=O) groups is 1. The van der Waals surface area contributed by atoms with E-state index < -0.39 is 20.0 Å². The summed E-state index contributed by atoms with van der Waals surface area (Å²) >= 11 is 0. The molecule has 0 saturated carbocycles. The van der Waals surface area contributed by atoms with Gasteiger partial charge in [-0.2, -0.15) is 0 Å². The molecule has 0 aliphatic rings. The molecule has 3 unspecified atom stereocenters. The molecule has 0 spiro atoms. The molecule has 53 heavy (non-hydrogen) atoms. The number of aliphatic hydroxyl groups excluding tert-OH is 1. The molecule has 1 amide bonds. The molecule has 0 radical (unpaired) electrons. The van der Waals surface area contributed by atoms with Gasteiger partial charge in [0.05, 0.1) is 39.9 Å². The molecule has 0 rings (SSSR count). The molecule has 0 aromatic heterocycles. The van der Waals surface area contributed by atoms with Gasteiger partial charge in [-0.05, 0) is 32.1 Å². The average molecular weight is 771 g/mol. The minimum absolute atomic E-state index is 0.00433. The number of phosphoric ester groups is 1. The van der Waals surface area contributed by atoms with Crippen LogP contribution >= 0.6 is 7.82 Å². The Morgan fingerprint density at radius 1 is 0.642 bits per heavy atom. The minimum atomic E-state index is -4.59. The van der Waals surface area contributed by atoms with E-state index in [0.29, 0.717) is 17.4 Å². The van der Waals surface area contributed by atoms with Crippen molar-refractivity contribution < 1.29 is 32.9 Å². The van der Waals surface area contributed by atoms with E-state index in [-0.39, 0.29) is 19.1 Å². The highest BCUT2D eigenvalue weighted by Crippen LogP contribution is 2.38. The van der Waals surface area contributed by atoms with Crippen molar-refractivity contribution in [3.8, 4) is 0 Å². The summed E-state index contributed by atoms with van der Waals surface area (Å²) < 4.78 is 23.2. The van der Waals surface area contributed by atoms with Crippen LogP contribution in [0.3, 0.4) is 0 Å². The Bertz CT molecular complexity index is 922. The highest BCUT2D eigenvalue weighted by molar-refractivity contribution is 7.45. The van der Waals surface area contributed by atoms with Crippen molar-refractivity contribution in [2.24, 2.45) is 0 Å². The predicted octanol–water partition coefficient (Wildman–Crippen LogP) is 11.5. The molecule has 0 aliphatic heterocycles. The minimum Gasteiger partial charge on any atom is -0.756 e. The monoisotopic (exact) mass is 771 g/mol. The molecule has 3 atom stereocenters. The zero-order valence-electron chi connectivity index (χ0n) is 35.5. The Balaban J connectivity index is 4.46. The van der Waals surface area contributed by atoms with E-state index in [2.05, 4.69) is 31.3 Å². The first-order chi connectivity index (χ1) is 25.5. The Labute approximate surface area is 328 Å². The third kappa shape index (κ3) is 39.0. The zero-order chi connectivity index (χ0) is 39.3. The number of quaternary nitrogens is 1. The van der Waals surface area contributed by atoms with Gasteiger partial charge in [-0.3, -0.25) is 9.36 Å². The lowest BCUT2D eigenvalue weighted by molar-refractivity contribution is -0.870. The van der Waals surface area contributed by atoms with Gasteiger partial charge in [0, 0.05) is 6.42 Å². The quantitative estimate of drug-likeness (QED) is 0.0278. The van der Waals surface area contributed by atoms with E-state index in [1.807, 2.05) is 27.2 Å². The first kappa shape index (κ1) is 52.0. The van der Waals surface area contributed by atoms with Gasteiger partial charge in [0.2, 0.25) is 5.91 Å². The van der Waals surface area contributed by atoms with E-state index in [0.717, 1.165) is 38.5 Å². The highest BCUT2D eigenvalue weighted by Gasteiger charge is 2.23. The second kappa shape index (κ2) is 36.6. The van der Waals surface area contributed by atoms with Crippen molar-refractivity contribution in [3.05, 3.63) is 24.3 Å². The summed E-state index contributed by atoms with van der Waals surface area (Å²) in [5.74, 6) is -0.207. The van der Waals surface area contributed by atoms with E-state index in [1.165, 1.54) is 141 Å². The molecular weight excluding hydrogens is 683 g/mol. The Morgan fingerprint density at radius 3 is 1.53 bits per heavy atom. The number of hydrogen-bond donors (Lipinski definition) is 2. The molecule has 0 bridgehead atoms. The van der Waals surface area contributed by atoms with Gasteiger partial charge in [0.25, 0.3) is 7.82 Å². The average Bonchev–Trinajstić information content (AvgIpc) is 3.10. The molecule has 9 heteroatoms. The first-order valence-electron chi connectivity index (χ1n) is 22.2. The van der Waals surface area contributed by atoms with Crippen molar-refractivity contribution >= 4 is 13.7 Å². The summed E-state index contributed by atoms with van der Waals surface area (Å²) in [4.78, 5) is 25.2. The van der Waals surface area contributed by atoms with Crippen molar-refractivity contribution in [1.82, 2.24) is 5.32 Å². The van der Waals surface area contributed by atoms with Crippen molar-refractivity contribution in [2.75, 3.05) is 40.9 Å². The molecule has 0 saturated heterocycles. The van der Waals surface area contributed by atoms with Crippen LogP contribution in [0, 0.1) is 0 Å². The van der Waals surface area contributed by atoms with Gasteiger partial charge in [0.15, 0.2) is 0 Å². The van der Waals surface area contributed by atoms with E-state index in [1.54, 1.807) is 6.08 Å². The number of likely N-dealkylation sites (N-methyl/N-ethyl adjacent to an activating group) is 1. The second-order valence-electron chi connectivity index (χ2n) is 16.4. The van der Waals surface area contributed by atoms with Crippen LogP contribution in [0.2, 0.25) is 0 Å². The standard InChI is InChI=1S/C44H87N2O6P/c1-6-8-10-12-14-16-18-20-21-22-23-24-26-27-29-31-33-35-37-43(47)42(41-52-53(49,50)51-40-39-46(3,4)5)45-44(48)38-36-34-32-30-28-25-19-17-15-13-11-9-7-2/h27,29,35,37,42-43,47H,6-26,28,30-34,36,38-41H2,1-5H3,(H-,45,48,49,50)/b29-27+,37-35+. The van der Waals surface area contributed by atoms with E-state index in [4.69, 9.17) is 9.05 Å². The maximum absolute atomic E-state index is 12.8. The number of nitrogens with zero attached hydrogens (tertiary/aromatic N) is 1. The van der Waals surface area contributed by atoms with Crippen LogP contribution in [-0.4, -0.2) is 68.5 Å². The van der Waals surface area contributed by atoms with Gasteiger partial charge in [-0.15, -0.1) is 0 Å². The Kier molecular flexibility index (Phi) is 35.9. The Morgan fingerprint density at radius 2 is 1.06 bits per heavy atom. The second-order valence-corrected chi connectivity index (χ2v) is 17.8. The molecule has 0 fully saturated rings. The SMILES string of the molecule is CCCCCCCCCCCCCC/C=C/CC/C=C/C(O)C(COP(=O)([O-])OCC[N+](C)(C)C)NC(=O)CCCCCCCCCCCCCCC. The van der Waals surface area contributed by atoms with Crippen LogP contribution in [0.4, 0.5) is 0 Å². The summed E-state index contributed by atoms with van der Waals surface area (Å²) in [6, 6.07) is -0.897. The maximum atomic E-state index is 12.8. The van der Waals surface area contributed by atoms with E-state index >= 15 is 0 Å². The molecule has 0 aromatic carbocycles. The molecule has 0 heterocycles. The molecule has 0 aromatic rings. The number of rotatable bonds is 40. The molecular formula is C44H87N2O6P. The fourth-order valence-corrected chi connectivity index (χ4v) is 7.07. The van der Waals surface area contributed by atoms with Crippen LogP contribution in [-0.2, 0) is 18.4 Å². The third-order valence-corrected chi connectivity index (χ3v) is 10.9. The number of nitrogens with one attached hydrogen (secondary N) is 1. The lowest BCUT2D eigenvalue weighted by atomic mass is 10.0. The number of aliphatic hydroxyl groups is 1. The summed E-state index contributed by atoms with van der Waals surface area (Å²) in [5.41, 5.74) is 0. The zero-order valence-corrected chi connectivity index (χ0v) is 36.4. The number of carbonyl (C=O) groups excluding carboxylic acids is 1. The normalized spacial score (nSPS) is 14.6. The van der Waals surface area contributed by atoms with Crippen molar-refractivity contribution in [2.45, 2.75) is 212 Å². The number of allylic oxidation sites excluding steroid dienone is 3. The van der Waals surface area contributed by atoms with Gasteiger partial charge >= 0.3 is 0 Å². The predicted molar refractivity (Wildman–Crippen MR) is 224 cm³/mol.